The van der Waals surface area contributed by atoms with Crippen LogP contribution >= 0.6 is 8.46 Å². The zero-order valence-corrected chi connectivity index (χ0v) is 14.9. The average molecular weight is 328 g/mol. The highest BCUT2D eigenvalue weighted by molar-refractivity contribution is 7.25. The lowest BCUT2D eigenvalue weighted by molar-refractivity contribution is -0.133. The van der Waals surface area contributed by atoms with Gasteiger partial charge in [0.1, 0.15) is 5.85 Å². The summed E-state index contributed by atoms with van der Waals surface area (Å²) in [4.78, 5) is 11.5. The number of carbonyl (C=O) groups is 1. The molecule has 0 amide bonds. The second-order valence-corrected chi connectivity index (χ2v) is 8.31. The van der Waals surface area contributed by atoms with E-state index in [2.05, 4.69) is 13.8 Å². The standard InChI is InChI=1S/C17H29O4P/c1-17(2)11-13(17)8-9-21-16(22-20)14(15(18)19)10-12-6-4-3-5-7-12/h10,12-13,16H,3-9,11,22H2,1-2H3,(H,18,19)/b14-10+. The summed E-state index contributed by atoms with van der Waals surface area (Å²) >= 11 is 0. The molecule has 0 aromatic heterocycles. The van der Waals surface area contributed by atoms with Crippen LogP contribution in [0.15, 0.2) is 11.6 Å². The third-order valence-corrected chi connectivity index (χ3v) is 6.02. The molecule has 1 N–H and O–H groups in total. The van der Waals surface area contributed by atoms with Gasteiger partial charge in [-0.3, -0.25) is 0 Å². The van der Waals surface area contributed by atoms with Crippen LogP contribution in [0, 0.1) is 17.3 Å². The molecule has 4 nitrogen and oxygen atoms in total. The lowest BCUT2D eigenvalue weighted by atomic mass is 9.88. The smallest absolute Gasteiger partial charge is 0.334 e. The van der Waals surface area contributed by atoms with Crippen LogP contribution in [-0.2, 0) is 14.1 Å². The Morgan fingerprint density at radius 2 is 2.00 bits per heavy atom. The Morgan fingerprint density at radius 3 is 2.50 bits per heavy atom. The van der Waals surface area contributed by atoms with Crippen LogP contribution < -0.4 is 0 Å². The van der Waals surface area contributed by atoms with Gasteiger partial charge in [0, 0.05) is 6.61 Å². The van der Waals surface area contributed by atoms with E-state index < -0.39 is 20.3 Å². The summed E-state index contributed by atoms with van der Waals surface area (Å²) in [6.45, 7) is 4.97. The number of hydrogen-bond donors (Lipinski definition) is 1. The first-order valence-corrected chi connectivity index (χ1v) is 9.60. The van der Waals surface area contributed by atoms with Gasteiger partial charge in [-0.15, -0.1) is 0 Å². The topological polar surface area (TPSA) is 63.6 Å². The van der Waals surface area contributed by atoms with Crippen LogP contribution in [0.2, 0.25) is 0 Å². The molecule has 0 radical (unpaired) electrons. The van der Waals surface area contributed by atoms with E-state index in [-0.39, 0.29) is 5.57 Å². The second kappa shape index (κ2) is 7.79. The quantitative estimate of drug-likeness (QED) is 0.538. The van der Waals surface area contributed by atoms with Crippen LogP contribution in [0.3, 0.4) is 0 Å². The van der Waals surface area contributed by atoms with Crippen molar-refractivity contribution in [1.29, 1.82) is 0 Å². The van der Waals surface area contributed by atoms with Gasteiger partial charge in [0.15, 0.2) is 0 Å². The molecule has 2 aliphatic carbocycles. The molecule has 0 bridgehead atoms. The fourth-order valence-electron chi connectivity index (χ4n) is 3.45. The second-order valence-electron chi connectivity index (χ2n) is 7.43. The molecule has 2 fully saturated rings. The molecule has 3 atom stereocenters. The SMILES string of the molecule is CC1(C)CC1CCOC([PH2]=O)/C(=C/C1CCCCC1)C(=O)O. The van der Waals surface area contributed by atoms with Crippen LogP contribution in [0.4, 0.5) is 0 Å². The summed E-state index contributed by atoms with van der Waals surface area (Å²) in [5.41, 5.74) is 0.614. The highest BCUT2D eigenvalue weighted by Crippen LogP contribution is 2.53. The number of hydrogen-bond acceptors (Lipinski definition) is 3. The van der Waals surface area contributed by atoms with E-state index >= 15 is 0 Å². The maximum Gasteiger partial charge on any atom is 0.334 e. The predicted molar refractivity (Wildman–Crippen MR) is 88.9 cm³/mol. The van der Waals surface area contributed by atoms with Crippen molar-refractivity contribution in [1.82, 2.24) is 0 Å². The summed E-state index contributed by atoms with van der Waals surface area (Å²) in [6.07, 6.45) is 9.56. The molecule has 0 aromatic carbocycles. The summed E-state index contributed by atoms with van der Waals surface area (Å²) in [6, 6.07) is 0. The molecular formula is C17H29O4P. The van der Waals surface area contributed by atoms with E-state index in [4.69, 9.17) is 4.74 Å². The maximum atomic E-state index is 11.5. The molecule has 2 saturated carbocycles. The largest absolute Gasteiger partial charge is 0.478 e. The normalized spacial score (nSPS) is 27.2. The van der Waals surface area contributed by atoms with Gasteiger partial charge in [-0.2, -0.15) is 0 Å². The van der Waals surface area contributed by atoms with Crippen molar-refractivity contribution >= 4 is 14.4 Å². The Kier molecular flexibility index (Phi) is 6.28. The van der Waals surface area contributed by atoms with Gasteiger partial charge in [-0.05, 0) is 42.9 Å². The molecule has 0 heterocycles. The van der Waals surface area contributed by atoms with Crippen molar-refractivity contribution in [2.45, 2.75) is 64.6 Å². The summed E-state index contributed by atoms with van der Waals surface area (Å²) in [5.74, 6) is -0.739. The zero-order chi connectivity index (χ0) is 16.2. The molecule has 22 heavy (non-hydrogen) atoms. The molecule has 2 rings (SSSR count). The first-order chi connectivity index (χ1) is 10.4. The average Bonchev–Trinajstić information content (AvgIpc) is 3.10. The number of carboxylic acids is 1. The number of aliphatic carboxylic acids is 1. The van der Waals surface area contributed by atoms with Crippen LogP contribution in [0.5, 0.6) is 0 Å². The number of ether oxygens (including phenoxy) is 1. The minimum absolute atomic E-state index is 0.215. The number of allylic oxidation sites excluding steroid dienone is 1. The maximum absolute atomic E-state index is 11.5. The Labute approximate surface area is 134 Å². The van der Waals surface area contributed by atoms with Gasteiger partial charge in [-0.25, -0.2) is 4.79 Å². The first-order valence-electron chi connectivity index (χ1n) is 8.46. The highest BCUT2D eigenvalue weighted by Gasteiger charge is 2.44. The van der Waals surface area contributed by atoms with E-state index in [1.165, 1.54) is 12.8 Å². The number of carboxylic acid groups (broad SMARTS) is 1. The van der Waals surface area contributed by atoms with Gasteiger partial charge < -0.3 is 14.4 Å². The molecule has 5 heteroatoms. The lowest BCUT2D eigenvalue weighted by Crippen LogP contribution is -2.19. The molecule has 0 saturated heterocycles. The van der Waals surface area contributed by atoms with Crippen LogP contribution in [0.1, 0.15) is 58.8 Å². The molecule has 0 spiro atoms. The zero-order valence-electron chi connectivity index (χ0n) is 13.7. The minimum atomic E-state index is -1.28. The van der Waals surface area contributed by atoms with E-state index in [0.717, 1.165) is 32.1 Å². The van der Waals surface area contributed by atoms with Crippen LogP contribution in [0.25, 0.3) is 0 Å². The Morgan fingerprint density at radius 1 is 1.36 bits per heavy atom. The Bertz CT molecular complexity index is 438. The van der Waals surface area contributed by atoms with Gasteiger partial charge >= 0.3 is 5.97 Å². The van der Waals surface area contributed by atoms with Crippen molar-refractivity contribution in [2.24, 2.45) is 17.3 Å². The van der Waals surface area contributed by atoms with Crippen LogP contribution in [-0.4, -0.2) is 23.5 Å². The molecule has 2 aliphatic rings. The highest BCUT2D eigenvalue weighted by atomic mass is 31.1. The number of rotatable bonds is 8. The van der Waals surface area contributed by atoms with Gasteiger partial charge in [0.05, 0.1) is 14.0 Å². The summed E-state index contributed by atoms with van der Waals surface area (Å²) in [5, 5.41) is 9.44. The van der Waals surface area contributed by atoms with E-state index in [9.17, 15) is 14.5 Å². The fraction of sp³-hybridized carbons (Fsp3) is 0.824. The summed E-state index contributed by atoms with van der Waals surface area (Å²) < 4.78 is 17.2. The molecule has 126 valence electrons. The third kappa shape index (κ3) is 4.96. The molecule has 0 aromatic rings. The Hall–Kier alpha value is -0.600. The van der Waals surface area contributed by atoms with E-state index in [0.29, 0.717) is 23.9 Å². The van der Waals surface area contributed by atoms with Gasteiger partial charge in [0.25, 0.3) is 0 Å². The van der Waals surface area contributed by atoms with E-state index in [1.54, 1.807) is 0 Å². The van der Waals surface area contributed by atoms with Crippen molar-refractivity contribution in [2.75, 3.05) is 6.61 Å². The van der Waals surface area contributed by atoms with Crippen molar-refractivity contribution < 1.29 is 19.2 Å². The predicted octanol–water partition coefficient (Wildman–Crippen LogP) is 4.11. The van der Waals surface area contributed by atoms with Crippen molar-refractivity contribution in [3.8, 4) is 0 Å². The fourth-order valence-corrected chi connectivity index (χ4v) is 4.07. The van der Waals surface area contributed by atoms with E-state index in [1.807, 2.05) is 6.08 Å². The molecule has 3 unspecified atom stereocenters. The molecule has 0 aliphatic heterocycles. The monoisotopic (exact) mass is 328 g/mol. The van der Waals surface area contributed by atoms with Crippen molar-refractivity contribution in [3.05, 3.63) is 11.6 Å². The van der Waals surface area contributed by atoms with Gasteiger partial charge in [0.2, 0.25) is 0 Å². The lowest BCUT2D eigenvalue weighted by Gasteiger charge is -2.21. The summed E-state index contributed by atoms with van der Waals surface area (Å²) in [7, 11) is -1.28. The van der Waals surface area contributed by atoms with Crippen molar-refractivity contribution in [3.63, 3.8) is 0 Å². The van der Waals surface area contributed by atoms with Gasteiger partial charge in [-0.1, -0.05) is 39.2 Å². The molecular weight excluding hydrogens is 299 g/mol. The Balaban J connectivity index is 1.90. The first kappa shape index (κ1) is 17.7. The third-order valence-electron chi connectivity index (χ3n) is 5.22. The minimum Gasteiger partial charge on any atom is -0.478 e.